The van der Waals surface area contributed by atoms with E-state index in [4.69, 9.17) is 18.9 Å². The normalized spacial score (nSPS) is 14.5. The summed E-state index contributed by atoms with van der Waals surface area (Å²) in [5.41, 5.74) is 0. The van der Waals surface area contributed by atoms with Gasteiger partial charge in [-0.05, 0) is 27.2 Å². The van der Waals surface area contributed by atoms with Crippen LogP contribution >= 0.6 is 7.60 Å². The van der Waals surface area contributed by atoms with E-state index in [0.717, 1.165) is 0 Å². The molecule has 21 heavy (non-hydrogen) atoms. The molecule has 0 aliphatic carbocycles. The second-order valence-corrected chi connectivity index (χ2v) is 6.50. The van der Waals surface area contributed by atoms with Gasteiger partial charge in [-0.25, -0.2) is 0 Å². The number of ether oxygens (including phenoxy) is 1. The fourth-order valence-electron chi connectivity index (χ4n) is 1.93. The maximum Gasteiger partial charge on any atom is 0.348 e. The maximum atomic E-state index is 13.0. The summed E-state index contributed by atoms with van der Waals surface area (Å²) in [6, 6.07) is 0. The molecular formula is C12H23O8P. The summed E-state index contributed by atoms with van der Waals surface area (Å²) in [7, 11) is -4.13. The first kappa shape index (κ1) is 20.1. The number of aliphatic hydroxyl groups is 1. The Labute approximate surface area is 123 Å². The van der Waals surface area contributed by atoms with Crippen molar-refractivity contribution >= 4 is 19.5 Å². The molecule has 0 bridgehead atoms. The zero-order valence-electron chi connectivity index (χ0n) is 12.5. The lowest BCUT2D eigenvalue weighted by atomic mass is 10.0. The Morgan fingerprint density at radius 1 is 1.10 bits per heavy atom. The molecule has 1 atom stereocenters. The molecular weight excluding hydrogens is 303 g/mol. The monoisotopic (exact) mass is 326 g/mol. The number of esters is 1. The summed E-state index contributed by atoms with van der Waals surface area (Å²) in [4.78, 5) is 23.4. The van der Waals surface area contributed by atoms with Crippen molar-refractivity contribution in [3.63, 3.8) is 0 Å². The third kappa shape index (κ3) is 4.78. The van der Waals surface area contributed by atoms with Crippen molar-refractivity contribution in [3.8, 4) is 0 Å². The Kier molecular flexibility index (Phi) is 8.73. The molecule has 0 spiro atoms. The van der Waals surface area contributed by atoms with Crippen molar-refractivity contribution in [2.24, 2.45) is 0 Å². The van der Waals surface area contributed by atoms with Crippen LogP contribution in [0.5, 0.6) is 0 Å². The molecule has 0 rings (SSSR count). The van der Waals surface area contributed by atoms with Crippen LogP contribution in [-0.2, 0) is 27.9 Å². The topological polar surface area (TPSA) is 119 Å². The predicted molar refractivity (Wildman–Crippen MR) is 74.2 cm³/mol. The summed E-state index contributed by atoms with van der Waals surface area (Å²) < 4.78 is 28.0. The van der Waals surface area contributed by atoms with Gasteiger partial charge in [0.25, 0.3) is 0 Å². The van der Waals surface area contributed by atoms with E-state index >= 15 is 0 Å². The lowest BCUT2D eigenvalue weighted by molar-refractivity contribution is -0.152. The Morgan fingerprint density at radius 2 is 1.62 bits per heavy atom. The number of hydrogen-bond acceptors (Lipinski definition) is 7. The molecule has 8 nitrogen and oxygen atoms in total. The Bertz CT molecular complexity index is 387. The van der Waals surface area contributed by atoms with Crippen LogP contribution in [0.1, 0.15) is 33.6 Å². The van der Waals surface area contributed by atoms with E-state index in [0.29, 0.717) is 0 Å². The van der Waals surface area contributed by atoms with Crippen molar-refractivity contribution in [2.45, 2.75) is 38.8 Å². The molecule has 0 saturated heterocycles. The van der Waals surface area contributed by atoms with E-state index in [-0.39, 0.29) is 19.8 Å². The minimum absolute atomic E-state index is 0.0239. The van der Waals surface area contributed by atoms with Crippen LogP contribution in [0.25, 0.3) is 0 Å². The molecule has 0 heterocycles. The molecule has 0 fully saturated rings. The minimum Gasteiger partial charge on any atom is -0.481 e. The number of carboxylic acids is 1. The van der Waals surface area contributed by atoms with Crippen molar-refractivity contribution in [3.05, 3.63) is 0 Å². The van der Waals surface area contributed by atoms with E-state index < -0.39 is 44.1 Å². The molecule has 0 aromatic carbocycles. The zero-order valence-corrected chi connectivity index (χ0v) is 13.4. The summed E-state index contributed by atoms with van der Waals surface area (Å²) in [5.74, 6) is -2.37. The molecule has 0 amide bonds. The van der Waals surface area contributed by atoms with Gasteiger partial charge >= 0.3 is 19.5 Å². The van der Waals surface area contributed by atoms with Crippen LogP contribution in [0.2, 0.25) is 0 Å². The molecule has 124 valence electrons. The van der Waals surface area contributed by atoms with Gasteiger partial charge in [0.15, 0.2) is 5.16 Å². The molecule has 0 aromatic rings. The van der Waals surface area contributed by atoms with Gasteiger partial charge in [0.2, 0.25) is 0 Å². The van der Waals surface area contributed by atoms with E-state index in [9.17, 15) is 19.3 Å². The zero-order chi connectivity index (χ0) is 16.5. The van der Waals surface area contributed by atoms with Gasteiger partial charge in [0.1, 0.15) is 0 Å². The third-order valence-electron chi connectivity index (χ3n) is 2.75. The Morgan fingerprint density at radius 3 is 1.95 bits per heavy atom. The predicted octanol–water partition coefficient (Wildman–Crippen LogP) is 1.41. The molecule has 0 radical (unpaired) electrons. The number of aliphatic hydroxyl groups excluding tert-OH is 1. The van der Waals surface area contributed by atoms with Crippen LogP contribution in [-0.4, -0.2) is 53.7 Å². The first-order chi connectivity index (χ1) is 9.83. The van der Waals surface area contributed by atoms with E-state index in [1.54, 1.807) is 13.8 Å². The van der Waals surface area contributed by atoms with Crippen LogP contribution < -0.4 is 0 Å². The molecule has 0 aliphatic heterocycles. The fourth-order valence-corrected chi connectivity index (χ4v) is 4.17. The van der Waals surface area contributed by atoms with Crippen LogP contribution in [0.15, 0.2) is 0 Å². The molecule has 2 N–H and O–H groups in total. The molecule has 1 unspecified atom stereocenters. The van der Waals surface area contributed by atoms with Crippen LogP contribution in [0.3, 0.4) is 0 Å². The lowest BCUT2D eigenvalue weighted by Crippen LogP contribution is -2.44. The first-order valence-electron chi connectivity index (χ1n) is 6.72. The van der Waals surface area contributed by atoms with E-state index in [2.05, 4.69) is 0 Å². The standard InChI is InChI=1S/C12H23O8P/c1-4-18-11(16)12(7-8-13,9-10(14)15)21(17,19-5-2)20-6-3/h13H,4-9H2,1-3H3,(H,14,15). The van der Waals surface area contributed by atoms with E-state index in [1.165, 1.54) is 6.92 Å². The maximum absolute atomic E-state index is 13.0. The highest BCUT2D eigenvalue weighted by atomic mass is 31.2. The summed E-state index contributed by atoms with van der Waals surface area (Å²) in [6.07, 6.45) is -1.21. The van der Waals surface area contributed by atoms with Gasteiger partial charge in [-0.3, -0.25) is 14.2 Å². The number of hydrogen-bond donors (Lipinski definition) is 2. The van der Waals surface area contributed by atoms with Crippen molar-refractivity contribution < 1.29 is 38.2 Å². The SMILES string of the molecule is CCOC(=O)C(CCO)(CC(=O)O)P(=O)(OCC)OCC. The minimum atomic E-state index is -4.13. The number of aliphatic carboxylic acids is 1. The van der Waals surface area contributed by atoms with Gasteiger partial charge in [0.05, 0.1) is 26.2 Å². The number of carbonyl (C=O) groups excluding carboxylic acids is 1. The van der Waals surface area contributed by atoms with Crippen molar-refractivity contribution in [1.29, 1.82) is 0 Å². The highest BCUT2D eigenvalue weighted by Crippen LogP contribution is 2.63. The van der Waals surface area contributed by atoms with Gasteiger partial charge in [0, 0.05) is 6.61 Å². The van der Waals surface area contributed by atoms with Gasteiger partial charge in [-0.2, -0.15) is 0 Å². The highest BCUT2D eigenvalue weighted by Gasteiger charge is 2.59. The number of rotatable bonds is 11. The second kappa shape index (κ2) is 9.15. The fraction of sp³-hybridized carbons (Fsp3) is 0.833. The molecule has 0 aromatic heterocycles. The average molecular weight is 326 g/mol. The summed E-state index contributed by atoms with van der Waals surface area (Å²) >= 11 is 0. The summed E-state index contributed by atoms with van der Waals surface area (Å²) in [5, 5.41) is 16.2. The smallest absolute Gasteiger partial charge is 0.348 e. The highest BCUT2D eigenvalue weighted by molar-refractivity contribution is 7.56. The molecule has 9 heteroatoms. The van der Waals surface area contributed by atoms with Crippen molar-refractivity contribution in [2.75, 3.05) is 26.4 Å². The third-order valence-corrected chi connectivity index (χ3v) is 5.56. The summed E-state index contributed by atoms with van der Waals surface area (Å²) in [6.45, 7) is 3.96. The van der Waals surface area contributed by atoms with Crippen LogP contribution in [0, 0.1) is 0 Å². The quantitative estimate of drug-likeness (QED) is 0.432. The van der Waals surface area contributed by atoms with Gasteiger partial charge in [-0.15, -0.1) is 0 Å². The second-order valence-electron chi connectivity index (χ2n) is 4.13. The lowest BCUT2D eigenvalue weighted by Gasteiger charge is -2.35. The molecule has 0 saturated carbocycles. The number of carbonyl (C=O) groups is 2. The Hall–Kier alpha value is -0.950. The molecule has 0 aliphatic rings. The van der Waals surface area contributed by atoms with Gasteiger partial charge in [-0.1, -0.05) is 0 Å². The van der Waals surface area contributed by atoms with E-state index in [1.807, 2.05) is 0 Å². The number of carboxylic acid groups (broad SMARTS) is 1. The Balaban J connectivity index is 5.95. The van der Waals surface area contributed by atoms with Crippen molar-refractivity contribution in [1.82, 2.24) is 0 Å². The van der Waals surface area contributed by atoms with Gasteiger partial charge < -0.3 is 24.0 Å². The first-order valence-corrected chi connectivity index (χ1v) is 8.26. The van der Waals surface area contributed by atoms with Crippen LogP contribution in [0.4, 0.5) is 0 Å². The average Bonchev–Trinajstić information content (AvgIpc) is 2.38. The largest absolute Gasteiger partial charge is 0.481 e.